The molecule has 0 spiro atoms. The van der Waals surface area contributed by atoms with Gasteiger partial charge in [0.05, 0.1) is 11.4 Å². The van der Waals surface area contributed by atoms with E-state index in [1.807, 2.05) is 30.3 Å². The molecule has 0 aliphatic carbocycles. The van der Waals surface area contributed by atoms with Crippen LogP contribution in [0.4, 0.5) is 11.4 Å². The first-order valence-corrected chi connectivity index (χ1v) is 7.74. The largest absolute Gasteiger partial charge is 0.484 e. The van der Waals surface area contributed by atoms with Gasteiger partial charge in [-0.2, -0.15) is 0 Å². The van der Waals surface area contributed by atoms with Gasteiger partial charge in [0.2, 0.25) is 5.91 Å². The number of amides is 2. The summed E-state index contributed by atoms with van der Waals surface area (Å²) >= 11 is 1.48. The van der Waals surface area contributed by atoms with Gasteiger partial charge < -0.3 is 15.4 Å². The monoisotopic (exact) mass is 314 g/mol. The van der Waals surface area contributed by atoms with E-state index in [4.69, 9.17) is 4.74 Å². The van der Waals surface area contributed by atoms with Crippen molar-refractivity contribution in [2.24, 2.45) is 0 Å². The molecule has 0 radical (unpaired) electrons. The van der Waals surface area contributed by atoms with Crippen molar-refractivity contribution in [2.45, 2.75) is 4.90 Å². The molecule has 1 heterocycles. The first-order valence-electron chi connectivity index (χ1n) is 6.75. The van der Waals surface area contributed by atoms with Gasteiger partial charge in [-0.1, -0.05) is 18.2 Å². The summed E-state index contributed by atoms with van der Waals surface area (Å²) in [5, 5.41) is 5.54. The number of carbonyl (C=O) groups is 2. The summed E-state index contributed by atoms with van der Waals surface area (Å²) in [6, 6.07) is 14.6. The number of fused-ring (bicyclic) bond motifs is 1. The van der Waals surface area contributed by atoms with Crippen LogP contribution in [0.2, 0.25) is 0 Å². The van der Waals surface area contributed by atoms with Gasteiger partial charge in [0.15, 0.2) is 6.61 Å². The van der Waals surface area contributed by atoms with E-state index in [0.717, 1.165) is 10.6 Å². The lowest BCUT2D eigenvalue weighted by molar-refractivity contribution is -0.118. The number of thioether (sulfide) groups is 1. The summed E-state index contributed by atoms with van der Waals surface area (Å²) in [6.45, 7) is -0.0673. The van der Waals surface area contributed by atoms with Crippen LogP contribution in [-0.4, -0.2) is 24.2 Å². The van der Waals surface area contributed by atoms with E-state index in [0.29, 0.717) is 17.2 Å². The highest BCUT2D eigenvalue weighted by Crippen LogP contribution is 2.33. The average Bonchev–Trinajstić information content (AvgIpc) is 2.53. The quantitative estimate of drug-likeness (QED) is 0.910. The number of para-hydroxylation sites is 1. The van der Waals surface area contributed by atoms with Crippen molar-refractivity contribution in [3.05, 3.63) is 48.5 Å². The molecule has 112 valence electrons. The van der Waals surface area contributed by atoms with Gasteiger partial charge in [0.25, 0.3) is 5.91 Å². The second-order valence-electron chi connectivity index (χ2n) is 4.70. The minimum atomic E-state index is -0.251. The molecule has 0 aromatic heterocycles. The van der Waals surface area contributed by atoms with Gasteiger partial charge in [-0.25, -0.2) is 0 Å². The molecule has 3 rings (SSSR count). The number of benzene rings is 2. The molecule has 0 bridgehead atoms. The molecule has 1 aliphatic rings. The van der Waals surface area contributed by atoms with Crippen molar-refractivity contribution >= 4 is 35.0 Å². The third-order valence-electron chi connectivity index (χ3n) is 3.01. The standard InChI is InChI=1S/C16H14N2O3S/c19-15(9-21-12-4-2-1-3-5-12)17-11-6-7-14-13(8-11)18-16(20)10-22-14/h1-8H,9-10H2,(H,17,19)(H,18,20). The molecule has 2 aromatic carbocycles. The molecule has 22 heavy (non-hydrogen) atoms. The predicted octanol–water partition coefficient (Wildman–Crippen LogP) is 2.75. The third-order valence-corrected chi connectivity index (χ3v) is 4.08. The highest BCUT2D eigenvalue weighted by atomic mass is 32.2. The van der Waals surface area contributed by atoms with Gasteiger partial charge in [0, 0.05) is 10.6 Å². The van der Waals surface area contributed by atoms with Crippen LogP contribution >= 0.6 is 11.8 Å². The number of rotatable bonds is 4. The summed E-state index contributed by atoms with van der Waals surface area (Å²) in [7, 11) is 0. The first-order chi connectivity index (χ1) is 10.7. The van der Waals surface area contributed by atoms with Crippen LogP contribution < -0.4 is 15.4 Å². The second-order valence-corrected chi connectivity index (χ2v) is 5.71. The summed E-state index contributed by atoms with van der Waals surface area (Å²) in [5.74, 6) is 0.780. The molecule has 2 N–H and O–H groups in total. The summed E-state index contributed by atoms with van der Waals surface area (Å²) in [5.41, 5.74) is 1.35. The Morgan fingerprint density at radius 2 is 2.05 bits per heavy atom. The van der Waals surface area contributed by atoms with E-state index >= 15 is 0 Å². The smallest absolute Gasteiger partial charge is 0.262 e. The molecule has 2 amide bonds. The van der Waals surface area contributed by atoms with Gasteiger partial charge in [-0.05, 0) is 30.3 Å². The lowest BCUT2D eigenvalue weighted by Crippen LogP contribution is -2.21. The molecule has 1 aliphatic heterocycles. The molecule has 0 atom stereocenters. The number of hydrogen-bond acceptors (Lipinski definition) is 4. The third kappa shape index (κ3) is 3.59. The molecular formula is C16H14N2O3S. The van der Waals surface area contributed by atoms with Crippen LogP contribution in [0.15, 0.2) is 53.4 Å². The Balaban J connectivity index is 1.60. The number of hydrogen-bond donors (Lipinski definition) is 2. The van der Waals surface area contributed by atoms with Gasteiger partial charge in [0.1, 0.15) is 5.75 Å². The van der Waals surface area contributed by atoms with Crippen molar-refractivity contribution in [3.63, 3.8) is 0 Å². The SMILES string of the molecule is O=C(COc1ccccc1)Nc1ccc2c(c1)NC(=O)CS2. The Bertz CT molecular complexity index is 704. The van der Waals surface area contributed by atoms with Crippen LogP contribution in [0.3, 0.4) is 0 Å². The molecular weight excluding hydrogens is 300 g/mol. The minimum absolute atomic E-state index is 0.0339. The maximum atomic E-state index is 11.9. The molecule has 0 fully saturated rings. The highest BCUT2D eigenvalue weighted by Gasteiger charge is 2.16. The number of ether oxygens (including phenoxy) is 1. The predicted molar refractivity (Wildman–Crippen MR) is 86.4 cm³/mol. The maximum absolute atomic E-state index is 11.9. The average molecular weight is 314 g/mol. The first kappa shape index (κ1) is 14.5. The fourth-order valence-corrected chi connectivity index (χ4v) is 2.81. The highest BCUT2D eigenvalue weighted by molar-refractivity contribution is 8.00. The van der Waals surface area contributed by atoms with Gasteiger partial charge in [-0.15, -0.1) is 11.8 Å². The molecule has 6 heteroatoms. The van der Waals surface area contributed by atoms with E-state index in [9.17, 15) is 9.59 Å². The normalized spacial score (nSPS) is 13.0. The van der Waals surface area contributed by atoms with Crippen molar-refractivity contribution in [1.29, 1.82) is 0 Å². The fourth-order valence-electron chi connectivity index (χ4n) is 2.02. The van der Waals surface area contributed by atoms with Gasteiger partial charge >= 0.3 is 0 Å². The molecule has 0 saturated heterocycles. The Morgan fingerprint density at radius 3 is 2.86 bits per heavy atom. The van der Waals surface area contributed by atoms with Crippen molar-refractivity contribution in [2.75, 3.05) is 23.0 Å². The zero-order chi connectivity index (χ0) is 15.4. The fraction of sp³-hybridized carbons (Fsp3) is 0.125. The van der Waals surface area contributed by atoms with Crippen LogP contribution in [0.25, 0.3) is 0 Å². The Morgan fingerprint density at radius 1 is 1.23 bits per heavy atom. The van der Waals surface area contributed by atoms with Crippen molar-refractivity contribution < 1.29 is 14.3 Å². The van der Waals surface area contributed by atoms with Gasteiger partial charge in [-0.3, -0.25) is 9.59 Å². The van der Waals surface area contributed by atoms with E-state index in [1.165, 1.54) is 11.8 Å². The van der Waals surface area contributed by atoms with Crippen molar-refractivity contribution in [1.82, 2.24) is 0 Å². The Labute approximate surface area is 132 Å². The second kappa shape index (κ2) is 6.53. The summed E-state index contributed by atoms with van der Waals surface area (Å²) in [4.78, 5) is 24.3. The van der Waals surface area contributed by atoms with E-state index in [-0.39, 0.29) is 18.4 Å². The van der Waals surface area contributed by atoms with Crippen LogP contribution in [0, 0.1) is 0 Å². The maximum Gasteiger partial charge on any atom is 0.262 e. The number of carbonyl (C=O) groups excluding carboxylic acids is 2. The lowest BCUT2D eigenvalue weighted by Gasteiger charge is -2.17. The Kier molecular flexibility index (Phi) is 4.29. The van der Waals surface area contributed by atoms with E-state index in [1.54, 1.807) is 18.2 Å². The van der Waals surface area contributed by atoms with Crippen LogP contribution in [0.1, 0.15) is 0 Å². The molecule has 5 nitrogen and oxygen atoms in total. The van der Waals surface area contributed by atoms with Crippen molar-refractivity contribution in [3.8, 4) is 5.75 Å². The zero-order valence-corrected chi connectivity index (χ0v) is 12.5. The van der Waals surface area contributed by atoms with E-state index in [2.05, 4.69) is 10.6 Å². The Hall–Kier alpha value is -2.47. The summed E-state index contributed by atoms with van der Waals surface area (Å²) < 4.78 is 5.38. The summed E-state index contributed by atoms with van der Waals surface area (Å²) in [6.07, 6.45) is 0. The molecule has 0 unspecified atom stereocenters. The van der Waals surface area contributed by atoms with Crippen LogP contribution in [-0.2, 0) is 9.59 Å². The number of anilines is 2. The number of nitrogens with one attached hydrogen (secondary N) is 2. The van der Waals surface area contributed by atoms with E-state index < -0.39 is 0 Å². The zero-order valence-electron chi connectivity index (χ0n) is 11.7. The van der Waals surface area contributed by atoms with Crippen LogP contribution in [0.5, 0.6) is 5.75 Å². The minimum Gasteiger partial charge on any atom is -0.484 e. The molecule has 2 aromatic rings. The topological polar surface area (TPSA) is 67.4 Å². The molecule has 0 saturated carbocycles. The lowest BCUT2D eigenvalue weighted by atomic mass is 10.2.